The number of carbonyl (C=O) groups excluding carboxylic acids is 1. The molecule has 176 valence electrons. The molecule has 0 fully saturated rings. The fourth-order valence-electron chi connectivity index (χ4n) is 4.09. The number of carbonyl (C=O) groups is 1. The summed E-state index contributed by atoms with van der Waals surface area (Å²) >= 11 is 0. The molecule has 3 aromatic rings. The van der Waals surface area contributed by atoms with E-state index in [0.29, 0.717) is 42.5 Å². The Morgan fingerprint density at radius 2 is 1.94 bits per heavy atom. The quantitative estimate of drug-likeness (QED) is 0.534. The fourth-order valence-corrected chi connectivity index (χ4v) is 5.49. The van der Waals surface area contributed by atoms with Crippen LogP contribution in [0.5, 0.6) is 5.75 Å². The average Bonchev–Trinajstić information content (AvgIpc) is 3.34. The summed E-state index contributed by atoms with van der Waals surface area (Å²) in [5, 5.41) is 3.91. The van der Waals surface area contributed by atoms with Gasteiger partial charge in [-0.1, -0.05) is 48.5 Å². The lowest BCUT2D eigenvalue weighted by Gasteiger charge is -2.30. The molecule has 10 heteroatoms. The second-order valence-corrected chi connectivity index (χ2v) is 10.0. The highest BCUT2D eigenvalue weighted by Crippen LogP contribution is 2.36. The lowest BCUT2D eigenvalue weighted by atomic mass is 10.0. The van der Waals surface area contributed by atoms with Gasteiger partial charge in [-0.15, -0.1) is 0 Å². The third-order valence-corrected chi connectivity index (χ3v) is 7.80. The number of nitrogens with zero attached hydrogens (tertiary/aromatic N) is 4. The molecule has 1 amide bonds. The van der Waals surface area contributed by atoms with Crippen molar-refractivity contribution in [3.63, 3.8) is 0 Å². The smallest absolute Gasteiger partial charge is 0.265 e. The van der Waals surface area contributed by atoms with Crippen LogP contribution in [0.3, 0.4) is 0 Å². The summed E-state index contributed by atoms with van der Waals surface area (Å²) in [7, 11) is -3.77. The molecule has 2 aliphatic rings. The molecule has 0 spiro atoms. The summed E-state index contributed by atoms with van der Waals surface area (Å²) in [6.45, 7) is 2.47. The minimum atomic E-state index is -3.77. The van der Waals surface area contributed by atoms with Crippen molar-refractivity contribution in [2.75, 3.05) is 24.6 Å². The van der Waals surface area contributed by atoms with Crippen LogP contribution in [-0.4, -0.2) is 48.5 Å². The molecule has 34 heavy (non-hydrogen) atoms. The molecular formula is C24H24N4O5S. The standard InChI is InChI=1S/C24H24N4O5S/c1-2-23-25-22(26-33-23)15-28-20-14-19(8-9-21(20)32-16-24(28)29)34(30,31)27-12-10-18(11-13-27)17-6-4-3-5-7-17/h3-10,14H,2,11-13,15-16H2,1H3. The molecule has 1 aromatic heterocycles. The van der Waals surface area contributed by atoms with Crippen molar-refractivity contribution in [1.29, 1.82) is 0 Å². The number of anilines is 1. The van der Waals surface area contributed by atoms with Crippen LogP contribution in [0.25, 0.3) is 5.57 Å². The van der Waals surface area contributed by atoms with Crippen molar-refractivity contribution in [1.82, 2.24) is 14.4 Å². The van der Waals surface area contributed by atoms with E-state index in [2.05, 4.69) is 10.1 Å². The van der Waals surface area contributed by atoms with Gasteiger partial charge in [0.15, 0.2) is 12.4 Å². The summed E-state index contributed by atoms with van der Waals surface area (Å²) in [4.78, 5) is 18.4. The second-order valence-electron chi connectivity index (χ2n) is 8.06. The average molecular weight is 481 g/mol. The van der Waals surface area contributed by atoms with Crippen LogP contribution in [0, 0.1) is 0 Å². The van der Waals surface area contributed by atoms with Gasteiger partial charge in [-0.3, -0.25) is 9.69 Å². The lowest BCUT2D eigenvalue weighted by Crippen LogP contribution is -2.39. The number of benzene rings is 2. The third-order valence-electron chi connectivity index (χ3n) is 5.94. The highest BCUT2D eigenvalue weighted by molar-refractivity contribution is 7.89. The summed E-state index contributed by atoms with van der Waals surface area (Å²) in [5.41, 5.74) is 2.61. The van der Waals surface area contributed by atoms with Crippen molar-refractivity contribution >= 4 is 27.2 Å². The predicted octanol–water partition coefficient (Wildman–Crippen LogP) is 3.04. The number of fused-ring (bicyclic) bond motifs is 1. The summed E-state index contributed by atoms with van der Waals surface area (Å²) in [6.07, 6.45) is 3.16. The van der Waals surface area contributed by atoms with Gasteiger partial charge < -0.3 is 9.26 Å². The monoisotopic (exact) mass is 480 g/mol. The molecule has 0 saturated heterocycles. The fraction of sp³-hybridized carbons (Fsp3) is 0.292. The first-order valence-corrected chi connectivity index (χ1v) is 12.5. The third kappa shape index (κ3) is 4.22. The molecule has 3 heterocycles. The first kappa shape index (κ1) is 22.3. The second kappa shape index (κ2) is 9.03. The summed E-state index contributed by atoms with van der Waals surface area (Å²) < 4.78 is 39.0. The predicted molar refractivity (Wildman–Crippen MR) is 125 cm³/mol. The molecule has 0 aliphatic carbocycles. The first-order valence-electron chi connectivity index (χ1n) is 11.1. The van der Waals surface area contributed by atoms with Crippen LogP contribution >= 0.6 is 0 Å². The van der Waals surface area contributed by atoms with Crippen LogP contribution in [0.15, 0.2) is 64.0 Å². The maximum Gasteiger partial charge on any atom is 0.265 e. The topological polar surface area (TPSA) is 106 Å². The van der Waals surface area contributed by atoms with Gasteiger partial charge in [0.05, 0.1) is 17.1 Å². The minimum absolute atomic E-state index is 0.0646. The number of sulfonamides is 1. The van der Waals surface area contributed by atoms with Crippen molar-refractivity contribution in [3.8, 4) is 5.75 Å². The number of hydrogen-bond acceptors (Lipinski definition) is 7. The Morgan fingerprint density at radius 3 is 2.65 bits per heavy atom. The van der Waals surface area contributed by atoms with Crippen molar-refractivity contribution in [2.45, 2.75) is 31.2 Å². The molecular weight excluding hydrogens is 456 g/mol. The molecule has 2 aliphatic heterocycles. The van der Waals surface area contributed by atoms with Gasteiger partial charge in [0, 0.05) is 19.5 Å². The first-order chi connectivity index (χ1) is 16.5. The number of aromatic nitrogens is 2. The molecule has 5 rings (SSSR count). The number of amides is 1. The maximum absolute atomic E-state index is 13.4. The maximum atomic E-state index is 13.4. The van der Waals surface area contributed by atoms with E-state index in [9.17, 15) is 13.2 Å². The molecule has 0 atom stereocenters. The Hall–Kier alpha value is -3.50. The number of rotatable bonds is 6. The Bertz CT molecular complexity index is 1350. The Balaban J connectivity index is 1.41. The highest BCUT2D eigenvalue weighted by Gasteiger charge is 2.31. The van der Waals surface area contributed by atoms with Gasteiger partial charge in [0.2, 0.25) is 15.9 Å². The molecule has 0 bridgehead atoms. The van der Waals surface area contributed by atoms with Gasteiger partial charge in [0.25, 0.3) is 5.91 Å². The van der Waals surface area contributed by atoms with E-state index in [1.54, 1.807) is 6.07 Å². The van der Waals surface area contributed by atoms with Gasteiger partial charge in [-0.2, -0.15) is 9.29 Å². The number of aryl methyl sites for hydroxylation is 1. The van der Waals surface area contributed by atoms with E-state index < -0.39 is 10.0 Å². The summed E-state index contributed by atoms with van der Waals surface area (Å²) in [6, 6.07) is 14.5. The molecule has 2 aromatic carbocycles. The van der Waals surface area contributed by atoms with Gasteiger partial charge >= 0.3 is 0 Å². The zero-order valence-corrected chi connectivity index (χ0v) is 19.5. The Labute approximate surface area is 197 Å². The zero-order chi connectivity index (χ0) is 23.7. The molecule has 0 unspecified atom stereocenters. The van der Waals surface area contributed by atoms with E-state index in [1.807, 2.05) is 43.3 Å². The van der Waals surface area contributed by atoms with Crippen molar-refractivity contribution in [3.05, 3.63) is 71.9 Å². The molecule has 9 nitrogen and oxygen atoms in total. The van der Waals surface area contributed by atoms with E-state index in [4.69, 9.17) is 9.26 Å². The van der Waals surface area contributed by atoms with E-state index in [-0.39, 0.29) is 30.5 Å². The SMILES string of the molecule is CCc1nc(CN2C(=O)COc3ccc(S(=O)(=O)N4CC=C(c5ccccc5)CC4)cc32)no1. The Morgan fingerprint density at radius 1 is 1.12 bits per heavy atom. The molecule has 0 saturated carbocycles. The van der Waals surface area contributed by atoms with Crippen molar-refractivity contribution < 1.29 is 22.5 Å². The molecule has 0 radical (unpaired) electrons. The zero-order valence-electron chi connectivity index (χ0n) is 18.7. The largest absolute Gasteiger partial charge is 0.482 e. The van der Waals surface area contributed by atoms with E-state index >= 15 is 0 Å². The van der Waals surface area contributed by atoms with Crippen LogP contribution in [0.4, 0.5) is 5.69 Å². The lowest BCUT2D eigenvalue weighted by molar-refractivity contribution is -0.121. The summed E-state index contributed by atoms with van der Waals surface area (Å²) in [5.74, 6) is 0.946. The van der Waals surface area contributed by atoms with Crippen LogP contribution in [-0.2, 0) is 27.8 Å². The number of hydrogen-bond donors (Lipinski definition) is 0. The highest BCUT2D eigenvalue weighted by atomic mass is 32.2. The van der Waals surface area contributed by atoms with Crippen LogP contribution < -0.4 is 9.64 Å². The van der Waals surface area contributed by atoms with Crippen LogP contribution in [0.2, 0.25) is 0 Å². The number of ether oxygens (including phenoxy) is 1. The van der Waals surface area contributed by atoms with Gasteiger partial charge in [-0.25, -0.2) is 8.42 Å². The minimum Gasteiger partial charge on any atom is -0.482 e. The van der Waals surface area contributed by atoms with Gasteiger partial charge in [0.1, 0.15) is 5.75 Å². The Kier molecular flexibility index (Phi) is 5.93. The van der Waals surface area contributed by atoms with E-state index in [1.165, 1.54) is 21.3 Å². The normalized spacial score (nSPS) is 16.7. The van der Waals surface area contributed by atoms with Crippen molar-refractivity contribution in [2.24, 2.45) is 0 Å². The van der Waals surface area contributed by atoms with E-state index in [0.717, 1.165) is 11.1 Å². The van der Waals surface area contributed by atoms with Crippen LogP contribution in [0.1, 0.15) is 30.6 Å². The van der Waals surface area contributed by atoms with Gasteiger partial charge in [-0.05, 0) is 35.8 Å². The molecule has 0 N–H and O–H groups in total.